The maximum atomic E-state index is 12.1. The second-order valence-corrected chi connectivity index (χ2v) is 6.06. The Morgan fingerprint density at radius 1 is 1.10 bits per heavy atom. The Morgan fingerprint density at radius 2 is 1.70 bits per heavy atom. The Balaban J connectivity index is 1.89. The van der Waals surface area contributed by atoms with Crippen molar-refractivity contribution in [3.8, 4) is 0 Å². The van der Waals surface area contributed by atoms with Crippen LogP contribution < -0.4 is 10.6 Å². The molecule has 0 unspecified atom stereocenters. The van der Waals surface area contributed by atoms with Crippen LogP contribution in [0.25, 0.3) is 0 Å². The molecule has 0 radical (unpaired) electrons. The van der Waals surface area contributed by atoms with Gasteiger partial charge in [-0.15, -0.1) is 0 Å². The van der Waals surface area contributed by atoms with Crippen LogP contribution in [0.15, 0.2) is 18.2 Å². The number of nitrogens with one attached hydrogen (secondary N) is 2. The average molecular weight is 290 g/mol. The molecule has 108 valence electrons. The first kappa shape index (κ1) is 15.0. The third-order valence-electron chi connectivity index (χ3n) is 3.69. The standard InChI is InChI=1S/C16H22N2OS/c1-11-8-12(2)10-14(9-11)17-16(20)18-15(19)13-6-4-3-5-7-13/h8-10,13H,3-7H2,1-2H3,(H2,17,18,19,20). The Kier molecular flexibility index (Phi) is 5.12. The first-order valence-corrected chi connectivity index (χ1v) is 7.65. The average Bonchev–Trinajstić information content (AvgIpc) is 2.38. The molecule has 2 N–H and O–H groups in total. The van der Waals surface area contributed by atoms with Crippen molar-refractivity contribution in [3.63, 3.8) is 0 Å². The number of hydrogen-bond acceptors (Lipinski definition) is 2. The SMILES string of the molecule is Cc1cc(C)cc(NC(=S)NC(=O)C2CCCCC2)c1. The van der Waals surface area contributed by atoms with Crippen LogP contribution in [0.2, 0.25) is 0 Å². The van der Waals surface area contributed by atoms with Crippen molar-refractivity contribution in [3.05, 3.63) is 29.3 Å². The number of carbonyl (C=O) groups excluding carboxylic acids is 1. The molecule has 1 aromatic carbocycles. The fourth-order valence-electron chi connectivity index (χ4n) is 2.79. The quantitative estimate of drug-likeness (QED) is 0.816. The lowest BCUT2D eigenvalue weighted by atomic mass is 9.89. The topological polar surface area (TPSA) is 41.1 Å². The van der Waals surface area contributed by atoms with Crippen LogP contribution in [0, 0.1) is 19.8 Å². The molecule has 0 atom stereocenters. The highest BCUT2D eigenvalue weighted by atomic mass is 32.1. The van der Waals surface area contributed by atoms with E-state index in [1.54, 1.807) is 0 Å². The van der Waals surface area contributed by atoms with Gasteiger partial charge in [-0.1, -0.05) is 25.3 Å². The minimum Gasteiger partial charge on any atom is -0.332 e. The van der Waals surface area contributed by atoms with Gasteiger partial charge in [0.25, 0.3) is 0 Å². The highest BCUT2D eigenvalue weighted by molar-refractivity contribution is 7.80. The van der Waals surface area contributed by atoms with Crippen LogP contribution in [0.3, 0.4) is 0 Å². The Bertz CT molecular complexity index is 487. The summed E-state index contributed by atoms with van der Waals surface area (Å²) < 4.78 is 0. The molecular weight excluding hydrogens is 268 g/mol. The monoisotopic (exact) mass is 290 g/mol. The Labute approximate surface area is 126 Å². The van der Waals surface area contributed by atoms with Gasteiger partial charge in [0.1, 0.15) is 0 Å². The zero-order valence-electron chi connectivity index (χ0n) is 12.2. The van der Waals surface area contributed by atoms with Gasteiger partial charge >= 0.3 is 0 Å². The first-order chi connectivity index (χ1) is 9.54. The lowest BCUT2D eigenvalue weighted by Crippen LogP contribution is -2.39. The van der Waals surface area contributed by atoms with Crippen LogP contribution >= 0.6 is 12.2 Å². The number of amides is 1. The molecule has 1 aliphatic rings. The van der Waals surface area contributed by atoms with Gasteiger partial charge in [-0.3, -0.25) is 4.79 Å². The van der Waals surface area contributed by atoms with Crippen molar-refractivity contribution in [2.24, 2.45) is 5.92 Å². The van der Waals surface area contributed by atoms with Crippen LogP contribution in [-0.4, -0.2) is 11.0 Å². The highest BCUT2D eigenvalue weighted by Crippen LogP contribution is 2.23. The van der Waals surface area contributed by atoms with E-state index in [1.807, 2.05) is 26.0 Å². The fraction of sp³-hybridized carbons (Fsp3) is 0.500. The van der Waals surface area contributed by atoms with E-state index in [4.69, 9.17) is 12.2 Å². The van der Waals surface area contributed by atoms with E-state index in [0.29, 0.717) is 5.11 Å². The van der Waals surface area contributed by atoms with Gasteiger partial charge < -0.3 is 10.6 Å². The molecular formula is C16H22N2OS. The molecule has 3 nitrogen and oxygen atoms in total. The number of benzene rings is 1. The van der Waals surface area contributed by atoms with Crippen molar-refractivity contribution in [2.75, 3.05) is 5.32 Å². The molecule has 1 saturated carbocycles. The lowest BCUT2D eigenvalue weighted by Gasteiger charge is -2.21. The predicted molar refractivity (Wildman–Crippen MR) is 86.9 cm³/mol. The minimum atomic E-state index is 0.0616. The molecule has 0 spiro atoms. The van der Waals surface area contributed by atoms with Gasteiger partial charge in [0.2, 0.25) is 5.91 Å². The second-order valence-electron chi connectivity index (χ2n) is 5.65. The number of rotatable bonds is 2. The minimum absolute atomic E-state index is 0.0616. The van der Waals surface area contributed by atoms with Crippen molar-refractivity contribution >= 4 is 28.9 Å². The van der Waals surface area contributed by atoms with Gasteiger partial charge in [-0.05, 0) is 62.2 Å². The Hall–Kier alpha value is -1.42. The molecule has 20 heavy (non-hydrogen) atoms. The van der Waals surface area contributed by atoms with E-state index in [0.717, 1.165) is 31.4 Å². The Morgan fingerprint density at radius 3 is 2.30 bits per heavy atom. The normalized spacial score (nSPS) is 15.7. The summed E-state index contributed by atoms with van der Waals surface area (Å²) in [6, 6.07) is 6.15. The summed E-state index contributed by atoms with van der Waals surface area (Å²) in [5.74, 6) is 0.189. The maximum absolute atomic E-state index is 12.1. The van der Waals surface area contributed by atoms with E-state index in [1.165, 1.54) is 17.5 Å². The molecule has 1 amide bonds. The number of carbonyl (C=O) groups is 1. The van der Waals surface area contributed by atoms with Gasteiger partial charge in [0.15, 0.2) is 5.11 Å². The van der Waals surface area contributed by atoms with Crippen LogP contribution in [-0.2, 0) is 4.79 Å². The molecule has 0 bridgehead atoms. The smallest absolute Gasteiger partial charge is 0.229 e. The van der Waals surface area contributed by atoms with Crippen LogP contribution in [0.1, 0.15) is 43.2 Å². The molecule has 1 fully saturated rings. The summed E-state index contributed by atoms with van der Waals surface area (Å²) in [6.45, 7) is 4.09. The number of aryl methyl sites for hydroxylation is 2. The summed E-state index contributed by atoms with van der Waals surface area (Å²) in [5.41, 5.74) is 3.28. The van der Waals surface area contributed by atoms with Crippen LogP contribution in [0.4, 0.5) is 5.69 Å². The maximum Gasteiger partial charge on any atom is 0.229 e. The molecule has 0 saturated heterocycles. The molecule has 0 aliphatic heterocycles. The predicted octanol–water partition coefficient (Wildman–Crippen LogP) is 3.70. The number of thiocarbonyl (C=S) groups is 1. The zero-order chi connectivity index (χ0) is 14.5. The van der Waals surface area contributed by atoms with Crippen molar-refractivity contribution in [1.82, 2.24) is 5.32 Å². The third-order valence-corrected chi connectivity index (χ3v) is 3.90. The second kappa shape index (κ2) is 6.84. The molecule has 2 rings (SSSR count). The largest absolute Gasteiger partial charge is 0.332 e. The van der Waals surface area contributed by atoms with E-state index in [9.17, 15) is 4.79 Å². The first-order valence-electron chi connectivity index (χ1n) is 7.25. The highest BCUT2D eigenvalue weighted by Gasteiger charge is 2.21. The van der Waals surface area contributed by atoms with Crippen molar-refractivity contribution in [1.29, 1.82) is 0 Å². The molecule has 1 aliphatic carbocycles. The zero-order valence-corrected chi connectivity index (χ0v) is 13.0. The van der Waals surface area contributed by atoms with E-state index in [-0.39, 0.29) is 11.8 Å². The summed E-state index contributed by atoms with van der Waals surface area (Å²) in [6.07, 6.45) is 5.51. The third kappa shape index (κ3) is 4.30. The lowest BCUT2D eigenvalue weighted by molar-refractivity contribution is -0.124. The van der Waals surface area contributed by atoms with E-state index < -0.39 is 0 Å². The van der Waals surface area contributed by atoms with Gasteiger partial charge in [-0.2, -0.15) is 0 Å². The molecule has 1 aromatic rings. The van der Waals surface area contributed by atoms with Crippen LogP contribution in [0.5, 0.6) is 0 Å². The molecule has 0 heterocycles. The summed E-state index contributed by atoms with van der Waals surface area (Å²) in [5, 5.41) is 6.31. The summed E-state index contributed by atoms with van der Waals surface area (Å²) in [4.78, 5) is 12.1. The molecule has 0 aromatic heterocycles. The fourth-order valence-corrected chi connectivity index (χ4v) is 3.01. The van der Waals surface area contributed by atoms with Gasteiger partial charge in [0.05, 0.1) is 0 Å². The number of hydrogen-bond donors (Lipinski definition) is 2. The summed E-state index contributed by atoms with van der Waals surface area (Å²) in [7, 11) is 0. The molecule has 4 heteroatoms. The number of anilines is 1. The van der Waals surface area contributed by atoms with Gasteiger partial charge in [-0.25, -0.2) is 0 Å². The van der Waals surface area contributed by atoms with Crippen molar-refractivity contribution < 1.29 is 4.79 Å². The van der Waals surface area contributed by atoms with Crippen molar-refractivity contribution in [2.45, 2.75) is 46.0 Å². The van der Waals surface area contributed by atoms with E-state index >= 15 is 0 Å². The van der Waals surface area contributed by atoms with Gasteiger partial charge in [0, 0.05) is 11.6 Å². The summed E-state index contributed by atoms with van der Waals surface area (Å²) >= 11 is 5.23. The van der Waals surface area contributed by atoms with E-state index in [2.05, 4.69) is 16.7 Å².